The van der Waals surface area contributed by atoms with Gasteiger partial charge in [0.2, 0.25) is 0 Å². The Morgan fingerprint density at radius 2 is 2.10 bits per heavy atom. The number of nitrogens with two attached hydrogens (primary N) is 2. The molecule has 7 heteroatoms. The fraction of sp³-hybridized carbons (Fsp3) is 0.462. The Morgan fingerprint density at radius 3 is 2.50 bits per heavy atom. The number of nitrogens with zero attached hydrogens (tertiary/aromatic N) is 1. The van der Waals surface area contributed by atoms with E-state index in [-0.39, 0.29) is 17.2 Å². The normalized spacial score (nSPS) is 13.8. The number of carbonyl (C=O) groups excluding carboxylic acids is 1. The van der Waals surface area contributed by atoms with Crippen LogP contribution < -0.4 is 16.8 Å². The van der Waals surface area contributed by atoms with Crippen molar-refractivity contribution in [1.82, 2.24) is 0 Å². The van der Waals surface area contributed by atoms with Crippen LogP contribution in [0, 0.1) is 16.0 Å². The summed E-state index contributed by atoms with van der Waals surface area (Å²) >= 11 is 0. The minimum atomic E-state index is -0.723. The molecule has 1 amide bonds. The zero-order chi connectivity index (χ0) is 15.5. The van der Waals surface area contributed by atoms with Crippen LogP contribution >= 0.6 is 0 Å². The Kier molecular flexibility index (Phi) is 4.67. The highest BCUT2D eigenvalue weighted by atomic mass is 16.6. The second kappa shape index (κ2) is 5.87. The largest absolute Gasteiger partial charge is 0.378 e. The van der Waals surface area contributed by atoms with Crippen molar-refractivity contribution in [2.75, 3.05) is 11.9 Å². The van der Waals surface area contributed by atoms with Gasteiger partial charge in [-0.15, -0.1) is 0 Å². The molecule has 0 heterocycles. The van der Waals surface area contributed by atoms with Gasteiger partial charge >= 0.3 is 0 Å². The first kappa shape index (κ1) is 15.9. The number of nitro groups is 1. The number of nitrogens with one attached hydrogen (secondary N) is 1. The second-order valence-electron chi connectivity index (χ2n) is 5.25. The number of rotatable bonds is 6. The quantitative estimate of drug-likeness (QED) is 0.537. The lowest BCUT2D eigenvalue weighted by molar-refractivity contribution is -0.384. The minimum absolute atomic E-state index is 0.0829. The second-order valence-corrected chi connectivity index (χ2v) is 5.25. The van der Waals surface area contributed by atoms with E-state index in [1.807, 2.05) is 20.8 Å². The average molecular weight is 280 g/mol. The van der Waals surface area contributed by atoms with Crippen LogP contribution in [0.25, 0.3) is 0 Å². The van der Waals surface area contributed by atoms with Crippen molar-refractivity contribution in [1.29, 1.82) is 0 Å². The van der Waals surface area contributed by atoms with Gasteiger partial charge in [0.25, 0.3) is 11.6 Å². The van der Waals surface area contributed by atoms with E-state index in [0.29, 0.717) is 12.2 Å². The third-order valence-electron chi connectivity index (χ3n) is 3.60. The molecule has 0 aliphatic heterocycles. The Morgan fingerprint density at radius 1 is 1.50 bits per heavy atom. The molecule has 0 aliphatic carbocycles. The van der Waals surface area contributed by atoms with Crippen LogP contribution in [-0.2, 0) is 0 Å². The smallest absolute Gasteiger partial charge is 0.270 e. The molecule has 0 bridgehead atoms. The highest BCUT2D eigenvalue weighted by Gasteiger charge is 2.28. The van der Waals surface area contributed by atoms with E-state index in [0.717, 1.165) is 0 Å². The molecule has 1 aromatic carbocycles. The highest BCUT2D eigenvalue weighted by Crippen LogP contribution is 2.27. The van der Waals surface area contributed by atoms with Crippen molar-refractivity contribution >= 4 is 17.3 Å². The molecule has 1 aromatic rings. The summed E-state index contributed by atoms with van der Waals surface area (Å²) in [5.41, 5.74) is 11.0. The van der Waals surface area contributed by atoms with Crippen molar-refractivity contribution < 1.29 is 9.72 Å². The van der Waals surface area contributed by atoms with Gasteiger partial charge in [0.1, 0.15) is 0 Å². The number of benzene rings is 1. The molecule has 7 nitrogen and oxygen atoms in total. The summed E-state index contributed by atoms with van der Waals surface area (Å²) in [6.07, 6.45) is 0. The van der Waals surface area contributed by atoms with Crippen LogP contribution in [0.4, 0.5) is 11.4 Å². The van der Waals surface area contributed by atoms with Gasteiger partial charge in [0, 0.05) is 29.9 Å². The SMILES string of the molecule is CC(C)C(C)(CN)Nc1ccc([N+](=O)[O-])cc1C(N)=O. The van der Waals surface area contributed by atoms with E-state index in [4.69, 9.17) is 11.5 Å². The molecule has 20 heavy (non-hydrogen) atoms. The summed E-state index contributed by atoms with van der Waals surface area (Å²) in [6, 6.07) is 3.97. The molecule has 0 aliphatic rings. The van der Waals surface area contributed by atoms with Gasteiger partial charge in [-0.05, 0) is 18.9 Å². The van der Waals surface area contributed by atoms with Gasteiger partial charge in [0.05, 0.1) is 10.5 Å². The van der Waals surface area contributed by atoms with Crippen molar-refractivity contribution in [2.24, 2.45) is 17.4 Å². The standard InChI is InChI=1S/C13H20N4O3/c1-8(2)13(3,7-14)16-11-5-4-9(17(19)20)6-10(11)12(15)18/h4-6,8,16H,7,14H2,1-3H3,(H2,15,18). The van der Waals surface area contributed by atoms with E-state index in [9.17, 15) is 14.9 Å². The first-order valence-electron chi connectivity index (χ1n) is 6.27. The molecular weight excluding hydrogens is 260 g/mol. The number of carbonyl (C=O) groups is 1. The summed E-state index contributed by atoms with van der Waals surface area (Å²) in [5.74, 6) is -0.525. The fourth-order valence-corrected chi connectivity index (χ4v) is 1.70. The first-order valence-corrected chi connectivity index (χ1v) is 6.27. The molecule has 1 rings (SSSR count). The van der Waals surface area contributed by atoms with Crippen molar-refractivity contribution in [2.45, 2.75) is 26.3 Å². The maximum absolute atomic E-state index is 11.5. The number of primary amides is 1. The van der Waals surface area contributed by atoms with Gasteiger partial charge in [-0.25, -0.2) is 0 Å². The van der Waals surface area contributed by atoms with E-state index in [2.05, 4.69) is 5.32 Å². The first-order chi connectivity index (χ1) is 9.21. The number of anilines is 1. The topological polar surface area (TPSA) is 124 Å². The van der Waals surface area contributed by atoms with E-state index in [1.54, 1.807) is 0 Å². The summed E-state index contributed by atoms with van der Waals surface area (Å²) in [7, 11) is 0. The van der Waals surface area contributed by atoms with Gasteiger partial charge < -0.3 is 16.8 Å². The molecule has 5 N–H and O–H groups in total. The van der Waals surface area contributed by atoms with Gasteiger partial charge in [-0.3, -0.25) is 14.9 Å². The molecular formula is C13H20N4O3. The fourth-order valence-electron chi connectivity index (χ4n) is 1.70. The molecule has 0 fully saturated rings. The Labute approximate surface area is 117 Å². The molecule has 110 valence electrons. The lowest BCUT2D eigenvalue weighted by Gasteiger charge is -2.35. The summed E-state index contributed by atoms with van der Waals surface area (Å²) in [4.78, 5) is 21.7. The zero-order valence-electron chi connectivity index (χ0n) is 11.8. The summed E-state index contributed by atoms with van der Waals surface area (Å²) in [6.45, 7) is 6.26. The monoisotopic (exact) mass is 280 g/mol. The molecule has 0 aromatic heterocycles. The van der Waals surface area contributed by atoms with Crippen molar-refractivity contribution in [3.8, 4) is 0 Å². The van der Waals surface area contributed by atoms with Gasteiger partial charge in [-0.2, -0.15) is 0 Å². The maximum atomic E-state index is 11.5. The third kappa shape index (κ3) is 3.24. The Hall–Kier alpha value is -2.15. The lowest BCUT2D eigenvalue weighted by Crippen LogP contribution is -2.47. The predicted octanol–water partition coefficient (Wildman–Crippen LogP) is 1.48. The minimum Gasteiger partial charge on any atom is -0.378 e. The van der Waals surface area contributed by atoms with Crippen molar-refractivity contribution in [3.05, 3.63) is 33.9 Å². The number of hydrogen-bond acceptors (Lipinski definition) is 5. The van der Waals surface area contributed by atoms with Crippen LogP contribution in [0.3, 0.4) is 0 Å². The average Bonchev–Trinajstić information content (AvgIpc) is 2.38. The number of nitro benzene ring substituents is 1. The van der Waals surface area contributed by atoms with Crippen LogP contribution in [0.2, 0.25) is 0 Å². The number of non-ortho nitro benzene ring substituents is 1. The van der Waals surface area contributed by atoms with E-state index in [1.165, 1.54) is 18.2 Å². The highest BCUT2D eigenvalue weighted by molar-refractivity contribution is 5.99. The predicted molar refractivity (Wildman–Crippen MR) is 77.5 cm³/mol. The summed E-state index contributed by atoms with van der Waals surface area (Å²) < 4.78 is 0. The van der Waals surface area contributed by atoms with Crippen LogP contribution in [-0.4, -0.2) is 22.9 Å². The van der Waals surface area contributed by atoms with E-state index >= 15 is 0 Å². The van der Waals surface area contributed by atoms with Crippen LogP contribution in [0.15, 0.2) is 18.2 Å². The van der Waals surface area contributed by atoms with Gasteiger partial charge in [-0.1, -0.05) is 13.8 Å². The molecule has 0 radical (unpaired) electrons. The number of amides is 1. The molecule has 0 saturated carbocycles. The zero-order valence-corrected chi connectivity index (χ0v) is 11.8. The Bertz CT molecular complexity index is 530. The lowest BCUT2D eigenvalue weighted by atomic mass is 9.88. The maximum Gasteiger partial charge on any atom is 0.270 e. The molecule has 0 spiro atoms. The van der Waals surface area contributed by atoms with Crippen LogP contribution in [0.1, 0.15) is 31.1 Å². The third-order valence-corrected chi connectivity index (χ3v) is 3.60. The molecule has 0 saturated heterocycles. The summed E-state index contributed by atoms with van der Waals surface area (Å²) in [5, 5.41) is 13.9. The van der Waals surface area contributed by atoms with Crippen LogP contribution in [0.5, 0.6) is 0 Å². The Balaban J connectivity index is 3.25. The molecule has 1 unspecified atom stereocenters. The van der Waals surface area contributed by atoms with E-state index < -0.39 is 16.4 Å². The van der Waals surface area contributed by atoms with Gasteiger partial charge in [0.15, 0.2) is 0 Å². The van der Waals surface area contributed by atoms with Crippen molar-refractivity contribution in [3.63, 3.8) is 0 Å². The number of hydrogen-bond donors (Lipinski definition) is 3. The molecule has 1 atom stereocenters.